The number of nitrogens with one attached hydrogen (secondary N) is 1. The fourth-order valence-corrected chi connectivity index (χ4v) is 3.35. The maximum atomic E-state index is 12.6. The van der Waals surface area contributed by atoms with Crippen LogP contribution >= 0.6 is 0 Å². The summed E-state index contributed by atoms with van der Waals surface area (Å²) in [7, 11) is 1.64. The first-order chi connectivity index (χ1) is 9.98. The normalized spacial score (nSPS) is 25.9. The van der Waals surface area contributed by atoms with E-state index in [1.165, 1.54) is 0 Å². The number of ether oxygens (including phenoxy) is 1. The SMILES string of the molecule is COc1cccc2c1CCC2(N)C(=O)NCC1(N)CCC1. The molecular formula is C16H23N3O2. The van der Waals surface area contributed by atoms with Gasteiger partial charge in [0.05, 0.1) is 7.11 Å². The van der Waals surface area contributed by atoms with Crippen molar-refractivity contribution in [3.63, 3.8) is 0 Å². The Balaban J connectivity index is 1.78. The van der Waals surface area contributed by atoms with Gasteiger partial charge in [-0.3, -0.25) is 4.79 Å². The summed E-state index contributed by atoms with van der Waals surface area (Å²) in [5.74, 6) is 0.674. The Kier molecular flexibility index (Phi) is 3.42. The summed E-state index contributed by atoms with van der Waals surface area (Å²) >= 11 is 0. The van der Waals surface area contributed by atoms with Crippen molar-refractivity contribution in [2.75, 3.05) is 13.7 Å². The maximum Gasteiger partial charge on any atom is 0.244 e. The fourth-order valence-electron chi connectivity index (χ4n) is 3.35. The van der Waals surface area contributed by atoms with E-state index in [4.69, 9.17) is 16.2 Å². The highest BCUT2D eigenvalue weighted by Gasteiger charge is 2.44. The van der Waals surface area contributed by atoms with Gasteiger partial charge >= 0.3 is 0 Å². The van der Waals surface area contributed by atoms with E-state index in [-0.39, 0.29) is 11.4 Å². The molecule has 114 valence electrons. The highest BCUT2D eigenvalue weighted by atomic mass is 16.5. The van der Waals surface area contributed by atoms with Gasteiger partial charge in [0.1, 0.15) is 11.3 Å². The Morgan fingerprint density at radius 1 is 1.33 bits per heavy atom. The van der Waals surface area contributed by atoms with Gasteiger partial charge < -0.3 is 21.5 Å². The fraction of sp³-hybridized carbons (Fsp3) is 0.562. The van der Waals surface area contributed by atoms with Crippen molar-refractivity contribution >= 4 is 5.91 Å². The van der Waals surface area contributed by atoms with E-state index in [9.17, 15) is 4.79 Å². The van der Waals surface area contributed by atoms with Gasteiger partial charge in [-0.1, -0.05) is 12.1 Å². The number of methoxy groups -OCH3 is 1. The molecule has 1 amide bonds. The summed E-state index contributed by atoms with van der Waals surface area (Å²) in [6.45, 7) is 0.504. The Labute approximate surface area is 125 Å². The smallest absolute Gasteiger partial charge is 0.244 e. The van der Waals surface area contributed by atoms with E-state index in [0.717, 1.165) is 42.6 Å². The molecule has 21 heavy (non-hydrogen) atoms. The summed E-state index contributed by atoms with van der Waals surface area (Å²) in [4.78, 5) is 12.6. The van der Waals surface area contributed by atoms with Crippen molar-refractivity contribution in [3.05, 3.63) is 29.3 Å². The number of benzene rings is 1. The molecule has 1 atom stereocenters. The van der Waals surface area contributed by atoms with Gasteiger partial charge in [0.2, 0.25) is 5.91 Å². The minimum atomic E-state index is -0.968. The van der Waals surface area contributed by atoms with E-state index >= 15 is 0 Å². The van der Waals surface area contributed by atoms with Crippen LogP contribution in [0.1, 0.15) is 36.8 Å². The van der Waals surface area contributed by atoms with E-state index in [2.05, 4.69) is 5.32 Å². The molecule has 2 aliphatic rings. The second-order valence-electron chi connectivity index (χ2n) is 6.36. The van der Waals surface area contributed by atoms with Crippen LogP contribution in [-0.2, 0) is 16.8 Å². The number of rotatable bonds is 4. The Morgan fingerprint density at radius 3 is 2.71 bits per heavy atom. The van der Waals surface area contributed by atoms with Crippen LogP contribution in [0.4, 0.5) is 0 Å². The van der Waals surface area contributed by atoms with Gasteiger partial charge in [0.25, 0.3) is 0 Å². The summed E-state index contributed by atoms with van der Waals surface area (Å²) in [6, 6.07) is 5.71. The van der Waals surface area contributed by atoms with Crippen LogP contribution in [0.15, 0.2) is 18.2 Å². The zero-order chi connectivity index (χ0) is 15.1. The van der Waals surface area contributed by atoms with Crippen LogP contribution in [0, 0.1) is 0 Å². The van der Waals surface area contributed by atoms with E-state index in [1.807, 2.05) is 18.2 Å². The lowest BCUT2D eigenvalue weighted by molar-refractivity contribution is -0.127. The van der Waals surface area contributed by atoms with Gasteiger partial charge in [-0.2, -0.15) is 0 Å². The van der Waals surface area contributed by atoms with E-state index < -0.39 is 5.54 Å². The maximum absolute atomic E-state index is 12.6. The van der Waals surface area contributed by atoms with Crippen LogP contribution in [0.3, 0.4) is 0 Å². The standard InChI is InChI=1S/C16H23N3O2/c1-21-13-5-2-4-12-11(13)6-9-16(12,18)14(20)19-10-15(17)7-3-8-15/h2,4-5H,3,6-10,17-18H2,1H3,(H,19,20). The predicted molar refractivity (Wildman–Crippen MR) is 81.0 cm³/mol. The van der Waals surface area contributed by atoms with Gasteiger partial charge in [-0.25, -0.2) is 0 Å². The molecule has 0 spiro atoms. The molecule has 5 heteroatoms. The molecule has 0 bridgehead atoms. The van der Waals surface area contributed by atoms with Crippen molar-refractivity contribution in [1.82, 2.24) is 5.32 Å². The minimum absolute atomic E-state index is 0.133. The molecule has 1 aromatic carbocycles. The molecule has 1 unspecified atom stereocenters. The molecule has 0 saturated heterocycles. The summed E-state index contributed by atoms with van der Waals surface area (Å²) < 4.78 is 5.36. The number of amides is 1. The van der Waals surface area contributed by atoms with Gasteiger partial charge in [0.15, 0.2) is 0 Å². The van der Waals surface area contributed by atoms with E-state index in [0.29, 0.717) is 13.0 Å². The van der Waals surface area contributed by atoms with Crippen molar-refractivity contribution in [3.8, 4) is 5.75 Å². The third-order valence-corrected chi connectivity index (χ3v) is 4.96. The zero-order valence-corrected chi connectivity index (χ0v) is 12.4. The first kappa shape index (κ1) is 14.4. The highest BCUT2D eigenvalue weighted by molar-refractivity contribution is 5.89. The third kappa shape index (κ3) is 2.30. The van der Waals surface area contributed by atoms with Gasteiger partial charge in [0, 0.05) is 12.1 Å². The van der Waals surface area contributed by atoms with Crippen molar-refractivity contribution in [2.45, 2.75) is 43.2 Å². The van der Waals surface area contributed by atoms with E-state index in [1.54, 1.807) is 7.11 Å². The topological polar surface area (TPSA) is 90.4 Å². The number of nitrogens with two attached hydrogens (primary N) is 2. The summed E-state index contributed by atoms with van der Waals surface area (Å²) in [5, 5.41) is 2.96. The molecule has 1 fully saturated rings. The summed E-state index contributed by atoms with van der Waals surface area (Å²) in [5.41, 5.74) is 13.3. The average molecular weight is 289 g/mol. The lowest BCUT2D eigenvalue weighted by Crippen LogP contribution is -2.58. The molecule has 3 rings (SSSR count). The number of fused-ring (bicyclic) bond motifs is 1. The van der Waals surface area contributed by atoms with Crippen molar-refractivity contribution in [1.29, 1.82) is 0 Å². The van der Waals surface area contributed by atoms with Crippen LogP contribution in [0.5, 0.6) is 5.75 Å². The lowest BCUT2D eigenvalue weighted by Gasteiger charge is -2.39. The van der Waals surface area contributed by atoms with Crippen LogP contribution < -0.4 is 21.5 Å². The molecule has 1 saturated carbocycles. The Morgan fingerprint density at radius 2 is 2.10 bits per heavy atom. The Hall–Kier alpha value is -1.59. The number of carbonyl (C=O) groups is 1. The molecular weight excluding hydrogens is 266 g/mol. The number of hydrogen-bond donors (Lipinski definition) is 3. The molecule has 5 nitrogen and oxygen atoms in total. The van der Waals surface area contributed by atoms with Crippen LogP contribution in [0.2, 0.25) is 0 Å². The van der Waals surface area contributed by atoms with Crippen LogP contribution in [0.25, 0.3) is 0 Å². The van der Waals surface area contributed by atoms with Crippen molar-refractivity contribution < 1.29 is 9.53 Å². The van der Waals surface area contributed by atoms with Gasteiger partial charge in [-0.05, 0) is 49.3 Å². The van der Waals surface area contributed by atoms with Gasteiger partial charge in [-0.15, -0.1) is 0 Å². The molecule has 1 aromatic rings. The van der Waals surface area contributed by atoms with Crippen LogP contribution in [-0.4, -0.2) is 25.1 Å². The van der Waals surface area contributed by atoms with Crippen molar-refractivity contribution in [2.24, 2.45) is 11.5 Å². The molecule has 5 N–H and O–H groups in total. The Bertz CT molecular complexity index is 569. The lowest BCUT2D eigenvalue weighted by atomic mass is 9.77. The number of hydrogen-bond acceptors (Lipinski definition) is 4. The zero-order valence-electron chi connectivity index (χ0n) is 12.4. The molecule has 2 aliphatic carbocycles. The third-order valence-electron chi connectivity index (χ3n) is 4.96. The summed E-state index contributed by atoms with van der Waals surface area (Å²) in [6.07, 6.45) is 4.44. The largest absolute Gasteiger partial charge is 0.496 e. The molecule has 0 aromatic heterocycles. The quantitative estimate of drug-likeness (QED) is 0.764. The predicted octanol–water partition coefficient (Wildman–Crippen LogP) is 0.793. The number of carbonyl (C=O) groups excluding carboxylic acids is 1. The molecule has 0 aliphatic heterocycles. The molecule has 0 heterocycles. The second-order valence-corrected chi connectivity index (χ2v) is 6.36. The average Bonchev–Trinajstić information content (AvgIpc) is 2.81. The first-order valence-corrected chi connectivity index (χ1v) is 7.51. The monoisotopic (exact) mass is 289 g/mol. The second kappa shape index (κ2) is 5.00. The molecule has 0 radical (unpaired) electrons. The minimum Gasteiger partial charge on any atom is -0.496 e. The first-order valence-electron chi connectivity index (χ1n) is 7.51. The highest BCUT2D eigenvalue weighted by Crippen LogP contribution is 2.40.